The molecule has 16 heavy (non-hydrogen) atoms. The van der Waals surface area contributed by atoms with Gasteiger partial charge in [0.25, 0.3) is 0 Å². The smallest absolute Gasteiger partial charge is 0.407 e. The first-order chi connectivity index (χ1) is 7.37. The zero-order chi connectivity index (χ0) is 12.2. The summed E-state index contributed by atoms with van der Waals surface area (Å²) in [6, 6.07) is 0. The van der Waals surface area contributed by atoms with E-state index in [2.05, 4.69) is 10.6 Å². The SMILES string of the molecule is CNCC1(CNC(=O)OC(C)(C)C)CCC1. The van der Waals surface area contributed by atoms with Crippen LogP contribution >= 0.6 is 0 Å². The largest absolute Gasteiger partial charge is 0.444 e. The number of carbonyl (C=O) groups is 1. The Kier molecular flexibility index (Phi) is 4.19. The minimum atomic E-state index is -0.417. The number of rotatable bonds is 4. The number of hydrogen-bond acceptors (Lipinski definition) is 3. The molecule has 1 amide bonds. The van der Waals surface area contributed by atoms with Gasteiger partial charge in [0, 0.05) is 18.5 Å². The minimum absolute atomic E-state index is 0.256. The van der Waals surface area contributed by atoms with Crippen molar-refractivity contribution in [3.8, 4) is 0 Å². The fourth-order valence-corrected chi connectivity index (χ4v) is 2.04. The van der Waals surface area contributed by atoms with Gasteiger partial charge in [0.15, 0.2) is 0 Å². The van der Waals surface area contributed by atoms with Gasteiger partial charge >= 0.3 is 6.09 Å². The molecule has 1 saturated carbocycles. The van der Waals surface area contributed by atoms with Crippen LogP contribution in [0.1, 0.15) is 40.0 Å². The number of ether oxygens (including phenoxy) is 1. The van der Waals surface area contributed by atoms with Crippen LogP contribution in [0.3, 0.4) is 0 Å². The molecule has 0 spiro atoms. The first kappa shape index (κ1) is 13.3. The fourth-order valence-electron chi connectivity index (χ4n) is 2.04. The molecule has 2 N–H and O–H groups in total. The fraction of sp³-hybridized carbons (Fsp3) is 0.917. The van der Waals surface area contributed by atoms with Crippen LogP contribution in [0.4, 0.5) is 4.79 Å². The van der Waals surface area contributed by atoms with E-state index >= 15 is 0 Å². The summed E-state index contributed by atoms with van der Waals surface area (Å²) in [6.07, 6.45) is 3.32. The highest BCUT2D eigenvalue weighted by Crippen LogP contribution is 2.39. The average Bonchev–Trinajstić information content (AvgIpc) is 2.06. The molecule has 0 aliphatic heterocycles. The number of alkyl carbamates (subject to hydrolysis) is 1. The molecule has 1 fully saturated rings. The van der Waals surface area contributed by atoms with Crippen molar-refractivity contribution < 1.29 is 9.53 Å². The highest BCUT2D eigenvalue weighted by atomic mass is 16.6. The number of amides is 1. The van der Waals surface area contributed by atoms with E-state index in [1.165, 1.54) is 19.3 Å². The van der Waals surface area contributed by atoms with Gasteiger partial charge in [-0.25, -0.2) is 4.79 Å². The van der Waals surface area contributed by atoms with Crippen LogP contribution in [0.2, 0.25) is 0 Å². The molecular formula is C12H24N2O2. The molecule has 0 heterocycles. The van der Waals surface area contributed by atoms with Crippen LogP contribution in [0.15, 0.2) is 0 Å². The van der Waals surface area contributed by atoms with Gasteiger partial charge in [0.2, 0.25) is 0 Å². The number of carbonyl (C=O) groups excluding carboxylic acids is 1. The molecule has 0 radical (unpaired) electrons. The Morgan fingerprint density at radius 2 is 1.94 bits per heavy atom. The lowest BCUT2D eigenvalue weighted by molar-refractivity contribution is 0.0453. The van der Waals surface area contributed by atoms with Crippen molar-refractivity contribution in [3.05, 3.63) is 0 Å². The Morgan fingerprint density at radius 3 is 2.31 bits per heavy atom. The Morgan fingerprint density at radius 1 is 1.31 bits per heavy atom. The van der Waals surface area contributed by atoms with Gasteiger partial charge in [-0.3, -0.25) is 0 Å². The molecule has 0 aromatic carbocycles. The third-order valence-corrected chi connectivity index (χ3v) is 2.97. The summed E-state index contributed by atoms with van der Waals surface area (Å²) in [5.41, 5.74) is -0.161. The second kappa shape index (κ2) is 5.04. The lowest BCUT2D eigenvalue weighted by atomic mass is 9.68. The predicted octanol–water partition coefficient (Wildman–Crippen LogP) is 1.90. The second-order valence-corrected chi connectivity index (χ2v) is 5.74. The maximum atomic E-state index is 11.5. The maximum Gasteiger partial charge on any atom is 0.407 e. The summed E-state index contributed by atoms with van der Waals surface area (Å²) in [6.45, 7) is 7.30. The van der Waals surface area contributed by atoms with Crippen LogP contribution in [0.25, 0.3) is 0 Å². The van der Waals surface area contributed by atoms with Gasteiger partial charge in [-0.15, -0.1) is 0 Å². The molecule has 1 aliphatic carbocycles. The van der Waals surface area contributed by atoms with Crippen LogP contribution in [0.5, 0.6) is 0 Å². The van der Waals surface area contributed by atoms with E-state index in [1.807, 2.05) is 27.8 Å². The van der Waals surface area contributed by atoms with Gasteiger partial charge in [0.05, 0.1) is 0 Å². The van der Waals surface area contributed by atoms with Gasteiger partial charge in [-0.05, 0) is 40.7 Å². The van der Waals surface area contributed by atoms with E-state index in [4.69, 9.17) is 4.74 Å². The van der Waals surface area contributed by atoms with Crippen molar-refractivity contribution in [2.75, 3.05) is 20.1 Å². The molecule has 0 aromatic heterocycles. The molecule has 1 rings (SSSR count). The lowest BCUT2D eigenvalue weighted by Gasteiger charge is -2.42. The van der Waals surface area contributed by atoms with Crippen molar-refractivity contribution in [2.24, 2.45) is 5.41 Å². The summed E-state index contributed by atoms with van der Waals surface area (Å²) < 4.78 is 5.21. The molecule has 0 saturated heterocycles. The topological polar surface area (TPSA) is 50.4 Å². The zero-order valence-corrected chi connectivity index (χ0v) is 10.9. The van der Waals surface area contributed by atoms with E-state index in [0.717, 1.165) is 6.54 Å². The summed E-state index contributed by atoms with van der Waals surface area (Å²) in [4.78, 5) is 11.5. The van der Waals surface area contributed by atoms with Crippen molar-refractivity contribution in [1.29, 1.82) is 0 Å². The quantitative estimate of drug-likeness (QED) is 0.772. The Hall–Kier alpha value is -0.770. The van der Waals surface area contributed by atoms with Crippen molar-refractivity contribution in [1.82, 2.24) is 10.6 Å². The summed E-state index contributed by atoms with van der Waals surface area (Å²) in [7, 11) is 1.95. The second-order valence-electron chi connectivity index (χ2n) is 5.74. The molecule has 94 valence electrons. The number of nitrogens with one attached hydrogen (secondary N) is 2. The Balaban J connectivity index is 2.30. The van der Waals surface area contributed by atoms with Gasteiger partial charge in [-0.2, -0.15) is 0 Å². The van der Waals surface area contributed by atoms with Crippen molar-refractivity contribution in [3.63, 3.8) is 0 Å². The van der Waals surface area contributed by atoms with Gasteiger partial charge in [0.1, 0.15) is 5.60 Å². The zero-order valence-electron chi connectivity index (χ0n) is 10.9. The molecule has 0 atom stereocenters. The maximum absolute atomic E-state index is 11.5. The van der Waals surface area contributed by atoms with E-state index in [0.29, 0.717) is 6.54 Å². The van der Waals surface area contributed by atoms with Crippen molar-refractivity contribution in [2.45, 2.75) is 45.6 Å². The van der Waals surface area contributed by atoms with E-state index in [9.17, 15) is 4.79 Å². The van der Waals surface area contributed by atoms with Gasteiger partial charge in [-0.1, -0.05) is 6.42 Å². The standard InChI is InChI=1S/C12H24N2O2/c1-11(2,3)16-10(15)14-9-12(8-13-4)6-5-7-12/h13H,5-9H2,1-4H3,(H,14,15). The number of hydrogen-bond donors (Lipinski definition) is 2. The third-order valence-electron chi connectivity index (χ3n) is 2.97. The molecule has 4 nitrogen and oxygen atoms in total. The molecule has 0 aromatic rings. The molecule has 0 unspecified atom stereocenters. The Bertz CT molecular complexity index is 242. The van der Waals surface area contributed by atoms with Crippen LogP contribution in [-0.2, 0) is 4.74 Å². The summed E-state index contributed by atoms with van der Waals surface area (Å²) >= 11 is 0. The van der Waals surface area contributed by atoms with E-state index < -0.39 is 5.60 Å². The Labute approximate surface area is 98.1 Å². The van der Waals surface area contributed by atoms with Gasteiger partial charge < -0.3 is 15.4 Å². The molecule has 0 bridgehead atoms. The molecule has 1 aliphatic rings. The van der Waals surface area contributed by atoms with E-state index in [-0.39, 0.29) is 11.5 Å². The van der Waals surface area contributed by atoms with E-state index in [1.54, 1.807) is 0 Å². The summed E-state index contributed by atoms with van der Waals surface area (Å²) in [5, 5.41) is 6.06. The first-order valence-corrected chi connectivity index (χ1v) is 5.98. The lowest BCUT2D eigenvalue weighted by Crippen LogP contribution is -2.48. The minimum Gasteiger partial charge on any atom is -0.444 e. The summed E-state index contributed by atoms with van der Waals surface area (Å²) in [5.74, 6) is 0. The first-order valence-electron chi connectivity index (χ1n) is 5.98. The highest BCUT2D eigenvalue weighted by molar-refractivity contribution is 5.67. The monoisotopic (exact) mass is 228 g/mol. The van der Waals surface area contributed by atoms with Crippen molar-refractivity contribution >= 4 is 6.09 Å². The molecular weight excluding hydrogens is 204 g/mol. The van der Waals surface area contributed by atoms with Crippen LogP contribution in [-0.4, -0.2) is 31.8 Å². The normalized spacial score (nSPS) is 18.8. The van der Waals surface area contributed by atoms with Crippen LogP contribution in [0, 0.1) is 5.41 Å². The third kappa shape index (κ3) is 4.00. The van der Waals surface area contributed by atoms with Crippen LogP contribution < -0.4 is 10.6 Å². The average molecular weight is 228 g/mol. The molecule has 4 heteroatoms. The predicted molar refractivity (Wildman–Crippen MR) is 64.4 cm³/mol. The highest BCUT2D eigenvalue weighted by Gasteiger charge is 2.36.